The van der Waals surface area contributed by atoms with Crippen LogP contribution in [0.25, 0.3) is 5.69 Å². The fourth-order valence-corrected chi connectivity index (χ4v) is 4.77. The van der Waals surface area contributed by atoms with Crippen molar-refractivity contribution >= 4 is 46.9 Å². The second-order valence-corrected chi connectivity index (χ2v) is 9.03. The molecule has 3 N–H and O–H groups in total. The van der Waals surface area contributed by atoms with Gasteiger partial charge in [0, 0.05) is 11.3 Å². The highest BCUT2D eigenvalue weighted by atomic mass is 32.2. The zero-order valence-corrected chi connectivity index (χ0v) is 18.6. The molecule has 10 nitrogen and oxygen atoms in total. The molecule has 1 aliphatic rings. The highest BCUT2D eigenvalue weighted by Crippen LogP contribution is 2.36. The molecule has 1 atom stereocenters. The Morgan fingerprint density at radius 2 is 1.88 bits per heavy atom. The van der Waals surface area contributed by atoms with Crippen LogP contribution in [0.5, 0.6) is 0 Å². The van der Waals surface area contributed by atoms with Crippen LogP contribution >= 0.6 is 23.5 Å². The van der Waals surface area contributed by atoms with Crippen molar-refractivity contribution in [2.75, 3.05) is 11.1 Å². The maximum atomic E-state index is 12.2. The molecule has 1 aromatic heterocycles. The van der Waals surface area contributed by atoms with E-state index < -0.39 is 17.1 Å². The van der Waals surface area contributed by atoms with E-state index in [4.69, 9.17) is 0 Å². The number of hydrogen-bond donors (Lipinski definition) is 3. The van der Waals surface area contributed by atoms with E-state index in [0.29, 0.717) is 5.16 Å². The van der Waals surface area contributed by atoms with Gasteiger partial charge in [0.15, 0.2) is 0 Å². The number of nitrogens with one attached hydrogen (secondary N) is 3. The molecule has 1 aliphatic heterocycles. The van der Waals surface area contributed by atoms with Crippen molar-refractivity contribution in [1.82, 2.24) is 31.1 Å². The Balaban J connectivity index is 1.26. The van der Waals surface area contributed by atoms with Gasteiger partial charge in [-0.2, -0.15) is 4.68 Å². The van der Waals surface area contributed by atoms with E-state index in [9.17, 15) is 14.4 Å². The number of fused-ring (bicyclic) bond motifs is 1. The summed E-state index contributed by atoms with van der Waals surface area (Å²) in [5.74, 6) is -1.12. The number of carbonyl (C=O) groups excluding carboxylic acids is 3. The van der Waals surface area contributed by atoms with Crippen LogP contribution in [-0.2, 0) is 14.4 Å². The molecule has 0 fully saturated rings. The number of amides is 3. The zero-order valence-electron chi connectivity index (χ0n) is 16.9. The lowest BCUT2D eigenvalue weighted by molar-refractivity contribution is -0.128. The van der Waals surface area contributed by atoms with Gasteiger partial charge in [-0.15, -0.1) is 16.9 Å². The normalized spacial score (nSPS) is 14.9. The molecular formula is C20H19N7O3S2. The lowest BCUT2D eigenvalue weighted by Gasteiger charge is -2.23. The summed E-state index contributed by atoms with van der Waals surface area (Å²) in [4.78, 5) is 37.5. The molecule has 0 radical (unpaired) electrons. The van der Waals surface area contributed by atoms with Gasteiger partial charge in [0.1, 0.15) is 0 Å². The SMILES string of the molecule is Cc1ccccc1-n1nnnc1SCC(=O)NNC(=O)C[C@H]1Sc2ccccc2NC1=O. The Bertz CT molecular complexity index is 1170. The summed E-state index contributed by atoms with van der Waals surface area (Å²) in [5.41, 5.74) is 7.26. The van der Waals surface area contributed by atoms with Crippen molar-refractivity contribution in [2.24, 2.45) is 0 Å². The third-order valence-electron chi connectivity index (χ3n) is 4.54. The van der Waals surface area contributed by atoms with Gasteiger partial charge in [-0.25, -0.2) is 0 Å². The number of hydrazine groups is 1. The highest BCUT2D eigenvalue weighted by Gasteiger charge is 2.28. The van der Waals surface area contributed by atoms with Gasteiger partial charge in [0.25, 0.3) is 0 Å². The molecule has 12 heteroatoms. The average molecular weight is 470 g/mol. The van der Waals surface area contributed by atoms with Crippen LogP contribution in [0, 0.1) is 6.92 Å². The van der Waals surface area contributed by atoms with Gasteiger partial charge >= 0.3 is 0 Å². The topological polar surface area (TPSA) is 131 Å². The van der Waals surface area contributed by atoms with Crippen molar-refractivity contribution in [3.63, 3.8) is 0 Å². The van der Waals surface area contributed by atoms with E-state index in [1.165, 1.54) is 11.8 Å². The highest BCUT2D eigenvalue weighted by molar-refractivity contribution is 8.01. The minimum absolute atomic E-state index is 0.00141. The number of tetrazole rings is 1. The number of aromatic nitrogens is 4. The molecule has 4 rings (SSSR count). The second-order valence-electron chi connectivity index (χ2n) is 6.84. The number of aryl methyl sites for hydroxylation is 1. The van der Waals surface area contributed by atoms with E-state index in [2.05, 4.69) is 31.7 Å². The van der Waals surface area contributed by atoms with Crippen LogP contribution in [0.15, 0.2) is 58.6 Å². The third-order valence-corrected chi connectivity index (χ3v) is 6.73. The molecule has 0 saturated carbocycles. The number of benzene rings is 2. The summed E-state index contributed by atoms with van der Waals surface area (Å²) < 4.78 is 1.56. The van der Waals surface area contributed by atoms with E-state index in [0.717, 1.165) is 33.6 Å². The molecule has 0 unspecified atom stereocenters. The van der Waals surface area contributed by atoms with Gasteiger partial charge in [0.2, 0.25) is 22.9 Å². The monoisotopic (exact) mass is 469 g/mol. The zero-order chi connectivity index (χ0) is 22.5. The Labute approximate surface area is 191 Å². The summed E-state index contributed by atoms with van der Waals surface area (Å²) in [5, 5.41) is 14.3. The van der Waals surface area contributed by atoms with Crippen molar-refractivity contribution < 1.29 is 14.4 Å². The first kappa shape index (κ1) is 21.8. The number of thioether (sulfide) groups is 2. The smallest absolute Gasteiger partial charge is 0.248 e. The first-order valence-electron chi connectivity index (χ1n) is 9.62. The van der Waals surface area contributed by atoms with Crippen LogP contribution in [0.3, 0.4) is 0 Å². The first-order chi connectivity index (χ1) is 15.5. The van der Waals surface area contributed by atoms with Crippen LogP contribution in [-0.4, -0.2) is 48.9 Å². The van der Waals surface area contributed by atoms with Crippen molar-refractivity contribution in [3.05, 3.63) is 54.1 Å². The maximum Gasteiger partial charge on any atom is 0.248 e. The molecule has 0 bridgehead atoms. The lowest BCUT2D eigenvalue weighted by atomic mass is 10.2. The molecule has 3 aromatic rings. The summed E-state index contributed by atoms with van der Waals surface area (Å²) in [6.07, 6.45) is -0.0657. The van der Waals surface area contributed by atoms with Crippen LogP contribution in [0.4, 0.5) is 5.69 Å². The average Bonchev–Trinajstić information content (AvgIpc) is 3.25. The predicted octanol–water partition coefficient (Wildman–Crippen LogP) is 1.71. The Hall–Kier alpha value is -3.38. The van der Waals surface area contributed by atoms with Crippen LogP contribution in [0.1, 0.15) is 12.0 Å². The van der Waals surface area contributed by atoms with Gasteiger partial charge in [-0.05, 0) is 41.1 Å². The van der Waals surface area contributed by atoms with Crippen molar-refractivity contribution in [3.8, 4) is 5.69 Å². The maximum absolute atomic E-state index is 12.2. The lowest BCUT2D eigenvalue weighted by Crippen LogP contribution is -2.44. The summed E-state index contributed by atoms with van der Waals surface area (Å²) in [6.45, 7) is 1.94. The van der Waals surface area contributed by atoms with Gasteiger partial charge in [0.05, 0.1) is 22.4 Å². The van der Waals surface area contributed by atoms with Gasteiger partial charge in [-0.1, -0.05) is 42.1 Å². The molecule has 0 aliphatic carbocycles. The minimum atomic E-state index is -0.574. The van der Waals surface area contributed by atoms with E-state index in [1.807, 2.05) is 55.5 Å². The Morgan fingerprint density at radius 3 is 2.72 bits per heavy atom. The molecule has 3 amide bonds. The van der Waals surface area contributed by atoms with Crippen LogP contribution < -0.4 is 16.2 Å². The number of rotatable bonds is 6. The third kappa shape index (κ3) is 5.08. The number of carbonyl (C=O) groups is 3. The fraction of sp³-hybridized carbons (Fsp3) is 0.200. The molecule has 32 heavy (non-hydrogen) atoms. The standard InChI is InChI=1S/C20H19N7O3S2/c1-12-6-2-4-8-14(12)27-20(24-25-26-27)31-11-18(29)23-22-17(28)10-16-19(30)21-13-7-3-5-9-15(13)32-16/h2-9,16H,10-11H2,1H3,(H,21,30)(H,22,28)(H,23,29)/t16-/m1/s1. The Morgan fingerprint density at radius 1 is 1.12 bits per heavy atom. The summed E-state index contributed by atoms with van der Waals surface area (Å²) in [7, 11) is 0. The Kier molecular flexibility index (Phi) is 6.71. The minimum Gasteiger partial charge on any atom is -0.324 e. The first-order valence-corrected chi connectivity index (χ1v) is 11.5. The summed E-state index contributed by atoms with van der Waals surface area (Å²) in [6, 6.07) is 15.0. The predicted molar refractivity (Wildman–Crippen MR) is 120 cm³/mol. The number of hydrogen-bond acceptors (Lipinski definition) is 8. The number of para-hydroxylation sites is 2. The van der Waals surface area contributed by atoms with Gasteiger partial charge < -0.3 is 5.32 Å². The van der Waals surface area contributed by atoms with Crippen LogP contribution in [0.2, 0.25) is 0 Å². The molecule has 2 aromatic carbocycles. The number of anilines is 1. The molecule has 0 spiro atoms. The molecule has 0 saturated heterocycles. The number of nitrogens with zero attached hydrogens (tertiary/aromatic N) is 4. The van der Waals surface area contributed by atoms with E-state index >= 15 is 0 Å². The molecule has 164 valence electrons. The van der Waals surface area contributed by atoms with Gasteiger partial charge in [-0.3, -0.25) is 25.2 Å². The second kappa shape index (κ2) is 9.83. The summed E-state index contributed by atoms with van der Waals surface area (Å²) >= 11 is 2.46. The fourth-order valence-electron chi connectivity index (χ4n) is 2.97. The van der Waals surface area contributed by atoms with E-state index in [-0.39, 0.29) is 18.1 Å². The van der Waals surface area contributed by atoms with Crippen molar-refractivity contribution in [2.45, 2.75) is 28.6 Å². The van der Waals surface area contributed by atoms with E-state index in [1.54, 1.807) is 4.68 Å². The van der Waals surface area contributed by atoms with Crippen molar-refractivity contribution in [1.29, 1.82) is 0 Å². The largest absolute Gasteiger partial charge is 0.324 e. The quantitative estimate of drug-likeness (QED) is 0.367. The molecular weight excluding hydrogens is 450 g/mol. The molecule has 2 heterocycles.